The molecule has 11 heteroatoms. The molecule has 0 radical (unpaired) electrons. The zero-order chi connectivity index (χ0) is 17.2. The lowest BCUT2D eigenvalue weighted by atomic mass is 10.0. The van der Waals surface area contributed by atoms with Gasteiger partial charge in [0, 0.05) is 19.5 Å². The van der Waals surface area contributed by atoms with Crippen molar-refractivity contribution in [2.24, 2.45) is 0 Å². The van der Waals surface area contributed by atoms with Gasteiger partial charge in [-0.25, -0.2) is 8.42 Å². The van der Waals surface area contributed by atoms with Gasteiger partial charge in [-0.15, -0.1) is 0 Å². The Morgan fingerprint density at radius 1 is 1.41 bits per heavy atom. The summed E-state index contributed by atoms with van der Waals surface area (Å²) in [6, 6.07) is 0. The Labute approximate surface area is 130 Å². The molecule has 0 aromatic heterocycles. The number of carbonyl (C=O) groups excluding carboxylic acids is 1. The third-order valence-electron chi connectivity index (χ3n) is 3.62. The second-order valence-electron chi connectivity index (χ2n) is 5.80. The maximum Gasteiger partial charge on any atom is 0.271 e. The predicted molar refractivity (Wildman–Crippen MR) is 79.7 cm³/mol. The third-order valence-corrected chi connectivity index (χ3v) is 7.12. The van der Waals surface area contributed by atoms with Crippen molar-refractivity contribution < 1.29 is 31.3 Å². The maximum absolute atomic E-state index is 11.9. The quantitative estimate of drug-likeness (QED) is 0.438. The fourth-order valence-corrected chi connectivity index (χ4v) is 6.86. The van der Waals surface area contributed by atoms with Gasteiger partial charge >= 0.3 is 0 Å². The molecule has 1 heterocycles. The van der Waals surface area contributed by atoms with E-state index in [4.69, 9.17) is 5.11 Å². The molecule has 2 atom stereocenters. The van der Waals surface area contributed by atoms with E-state index in [0.717, 1.165) is 0 Å². The molecule has 1 saturated heterocycles. The van der Waals surface area contributed by atoms with Crippen LogP contribution in [-0.2, 0) is 24.7 Å². The van der Waals surface area contributed by atoms with Crippen molar-refractivity contribution in [3.63, 3.8) is 0 Å². The largest absolute Gasteiger partial charge is 0.395 e. The topological polar surface area (TPSA) is 141 Å². The molecular formula is C11H22N2O7S2. The van der Waals surface area contributed by atoms with Gasteiger partial charge in [-0.3, -0.25) is 9.35 Å². The lowest BCUT2D eigenvalue weighted by Gasteiger charge is -2.29. The summed E-state index contributed by atoms with van der Waals surface area (Å²) in [4.78, 5) is 13.6. The number of hydrogen-bond donors (Lipinski definition) is 3. The van der Waals surface area contributed by atoms with Crippen molar-refractivity contribution >= 4 is 25.9 Å². The van der Waals surface area contributed by atoms with Crippen LogP contribution >= 0.6 is 0 Å². The van der Waals surface area contributed by atoms with Gasteiger partial charge in [-0.1, -0.05) is 0 Å². The molecule has 0 spiro atoms. The number of aliphatic hydroxyl groups excluding tert-OH is 1. The molecule has 1 amide bonds. The smallest absolute Gasteiger partial charge is 0.271 e. The molecule has 9 nitrogen and oxygen atoms in total. The van der Waals surface area contributed by atoms with Gasteiger partial charge in [-0.2, -0.15) is 8.42 Å². The second-order valence-corrected chi connectivity index (χ2v) is 9.51. The van der Waals surface area contributed by atoms with Gasteiger partial charge in [0.1, 0.15) is 5.25 Å². The highest BCUT2D eigenvalue weighted by molar-refractivity contribution is 7.94. The van der Waals surface area contributed by atoms with Crippen LogP contribution in [0.15, 0.2) is 0 Å². The van der Waals surface area contributed by atoms with Crippen molar-refractivity contribution in [1.29, 1.82) is 0 Å². The van der Waals surface area contributed by atoms with E-state index in [9.17, 15) is 26.2 Å². The number of amides is 1. The Kier molecular flexibility index (Phi) is 5.95. The van der Waals surface area contributed by atoms with E-state index in [1.54, 1.807) is 11.9 Å². The molecule has 1 aliphatic heterocycles. The van der Waals surface area contributed by atoms with Crippen molar-refractivity contribution in [3.8, 4) is 0 Å². The average molecular weight is 358 g/mol. The summed E-state index contributed by atoms with van der Waals surface area (Å²) in [7, 11) is -6.57. The molecule has 1 aliphatic rings. The molecule has 0 aromatic carbocycles. The Hall–Kier alpha value is -0.750. The van der Waals surface area contributed by atoms with E-state index < -0.39 is 48.2 Å². The number of rotatable bonds is 7. The van der Waals surface area contributed by atoms with Crippen LogP contribution in [0.1, 0.15) is 13.3 Å². The van der Waals surface area contributed by atoms with Crippen LogP contribution in [0.3, 0.4) is 0 Å². The number of hydrogen-bond acceptors (Lipinski definition) is 7. The van der Waals surface area contributed by atoms with E-state index in [1.807, 2.05) is 0 Å². The second kappa shape index (κ2) is 6.79. The van der Waals surface area contributed by atoms with E-state index in [0.29, 0.717) is 13.1 Å². The summed E-state index contributed by atoms with van der Waals surface area (Å²) >= 11 is 0. The van der Waals surface area contributed by atoms with Crippen molar-refractivity contribution in [3.05, 3.63) is 0 Å². The van der Waals surface area contributed by atoms with Gasteiger partial charge in [0.15, 0.2) is 9.84 Å². The Morgan fingerprint density at radius 3 is 2.50 bits per heavy atom. The molecule has 2 unspecified atom stereocenters. The van der Waals surface area contributed by atoms with Crippen LogP contribution in [0.25, 0.3) is 0 Å². The van der Waals surface area contributed by atoms with Crippen LogP contribution < -0.4 is 5.32 Å². The van der Waals surface area contributed by atoms with Gasteiger partial charge in [0.2, 0.25) is 5.91 Å². The first-order valence-corrected chi connectivity index (χ1v) is 9.99. The molecule has 0 bridgehead atoms. The van der Waals surface area contributed by atoms with Gasteiger partial charge in [0.25, 0.3) is 10.1 Å². The number of carbonyl (C=O) groups is 1. The summed E-state index contributed by atoms with van der Waals surface area (Å²) in [6.45, 7) is 1.95. The molecule has 0 aromatic rings. The molecular weight excluding hydrogens is 336 g/mol. The highest BCUT2D eigenvalue weighted by Gasteiger charge is 2.53. The molecule has 0 aliphatic carbocycles. The van der Waals surface area contributed by atoms with Crippen LogP contribution in [0, 0.1) is 0 Å². The van der Waals surface area contributed by atoms with Crippen LogP contribution in [0.2, 0.25) is 0 Å². The van der Waals surface area contributed by atoms with E-state index >= 15 is 0 Å². The number of sulfone groups is 1. The minimum Gasteiger partial charge on any atom is -0.395 e. The first-order chi connectivity index (χ1) is 9.89. The number of likely N-dealkylation sites (N-methyl/N-ethyl adjacent to an activating group) is 1. The summed E-state index contributed by atoms with van der Waals surface area (Å²) < 4.78 is 55.3. The standard InChI is InChI=1S/C11H22N2O7S2/c1-11(12-10(15)3-4-13(2)5-6-14)8-21(16,17)7-9(11)22(18,19)20/h9,14H,3-8H2,1-2H3,(H,12,15)(H,18,19,20). The van der Waals surface area contributed by atoms with E-state index in [2.05, 4.69) is 5.32 Å². The van der Waals surface area contributed by atoms with Gasteiger partial charge in [0.05, 0.1) is 23.7 Å². The molecule has 1 fully saturated rings. The number of nitrogens with one attached hydrogen (secondary N) is 1. The van der Waals surface area contributed by atoms with Crippen molar-refractivity contribution in [2.45, 2.75) is 24.1 Å². The normalized spacial score (nSPS) is 28.0. The number of nitrogens with zero attached hydrogens (tertiary/aromatic N) is 1. The Bertz CT molecular complexity index is 616. The fraction of sp³-hybridized carbons (Fsp3) is 0.909. The highest BCUT2D eigenvalue weighted by Crippen LogP contribution is 2.28. The highest BCUT2D eigenvalue weighted by atomic mass is 32.2. The monoisotopic (exact) mass is 358 g/mol. The average Bonchev–Trinajstić information content (AvgIpc) is 2.56. The first-order valence-electron chi connectivity index (χ1n) is 6.67. The van der Waals surface area contributed by atoms with E-state index in [-0.39, 0.29) is 13.0 Å². The zero-order valence-electron chi connectivity index (χ0n) is 12.5. The summed E-state index contributed by atoms with van der Waals surface area (Å²) in [6.07, 6.45) is 0.0182. The molecule has 0 saturated carbocycles. The molecule has 1 rings (SSSR count). The molecule has 3 N–H and O–H groups in total. The van der Waals surface area contributed by atoms with Gasteiger partial charge < -0.3 is 15.3 Å². The van der Waals surface area contributed by atoms with Crippen LogP contribution in [0.4, 0.5) is 0 Å². The predicted octanol–water partition coefficient (Wildman–Crippen LogP) is -2.14. The fourth-order valence-electron chi connectivity index (χ4n) is 2.51. The van der Waals surface area contributed by atoms with Crippen molar-refractivity contribution in [1.82, 2.24) is 10.2 Å². The summed E-state index contributed by atoms with van der Waals surface area (Å²) in [5, 5.41) is 9.59. The molecule has 22 heavy (non-hydrogen) atoms. The molecule has 130 valence electrons. The lowest BCUT2D eigenvalue weighted by Crippen LogP contribution is -2.56. The minimum atomic E-state index is -4.60. The SMILES string of the molecule is CN(CCO)CCC(=O)NC1(C)CS(=O)(=O)CC1S(=O)(=O)O. The Morgan fingerprint density at radius 2 is 2.00 bits per heavy atom. The zero-order valence-corrected chi connectivity index (χ0v) is 14.2. The van der Waals surface area contributed by atoms with Crippen LogP contribution in [-0.4, -0.2) is 86.3 Å². The first kappa shape index (κ1) is 19.3. The van der Waals surface area contributed by atoms with E-state index in [1.165, 1.54) is 6.92 Å². The summed E-state index contributed by atoms with van der Waals surface area (Å²) in [5.74, 6) is -1.77. The van der Waals surface area contributed by atoms with Gasteiger partial charge in [-0.05, 0) is 14.0 Å². The minimum absolute atomic E-state index is 0.0182. The van der Waals surface area contributed by atoms with Crippen LogP contribution in [0.5, 0.6) is 0 Å². The van der Waals surface area contributed by atoms with Crippen molar-refractivity contribution in [2.75, 3.05) is 38.2 Å². The number of aliphatic hydroxyl groups is 1. The maximum atomic E-state index is 11.9. The lowest BCUT2D eigenvalue weighted by molar-refractivity contribution is -0.122. The summed E-state index contributed by atoms with van der Waals surface area (Å²) in [5.41, 5.74) is -1.56. The third kappa shape index (κ3) is 5.16. The Balaban J connectivity index is 2.78.